The molecule has 0 radical (unpaired) electrons. The van der Waals surface area contributed by atoms with E-state index in [0.717, 1.165) is 6.20 Å². The number of hydrogen-bond acceptors (Lipinski definition) is 7. The van der Waals surface area contributed by atoms with Crippen LogP contribution in [0.3, 0.4) is 0 Å². The summed E-state index contributed by atoms with van der Waals surface area (Å²) in [5, 5.41) is 7.91. The second-order valence-electron chi connectivity index (χ2n) is 4.41. The SMILES string of the molecule is N=C(/C=C(\N)N1CCOCC1)c1cnc(N)nc1C(F)F. The largest absolute Gasteiger partial charge is 0.385 e. The second kappa shape index (κ2) is 6.44. The van der Waals surface area contributed by atoms with Gasteiger partial charge in [-0.05, 0) is 0 Å². The van der Waals surface area contributed by atoms with Gasteiger partial charge in [-0.15, -0.1) is 0 Å². The van der Waals surface area contributed by atoms with Crippen LogP contribution in [0, 0.1) is 5.41 Å². The quantitative estimate of drug-likeness (QED) is 0.697. The molecule has 9 heteroatoms. The Morgan fingerprint density at radius 2 is 2.10 bits per heavy atom. The van der Waals surface area contributed by atoms with Crippen molar-refractivity contribution in [2.75, 3.05) is 32.0 Å². The molecular formula is C12H16F2N6O. The first-order chi connectivity index (χ1) is 9.99. The van der Waals surface area contributed by atoms with Crippen molar-refractivity contribution in [3.63, 3.8) is 0 Å². The average Bonchev–Trinajstić information content (AvgIpc) is 2.47. The molecule has 1 aliphatic rings. The zero-order valence-corrected chi connectivity index (χ0v) is 11.2. The number of nitrogen functional groups attached to an aromatic ring is 1. The highest BCUT2D eigenvalue weighted by Crippen LogP contribution is 2.21. The number of anilines is 1. The molecule has 114 valence electrons. The van der Waals surface area contributed by atoms with E-state index in [2.05, 4.69) is 9.97 Å². The highest BCUT2D eigenvalue weighted by atomic mass is 19.3. The van der Waals surface area contributed by atoms with Crippen LogP contribution in [0.15, 0.2) is 18.1 Å². The van der Waals surface area contributed by atoms with Gasteiger partial charge in [-0.25, -0.2) is 18.7 Å². The zero-order chi connectivity index (χ0) is 15.4. The van der Waals surface area contributed by atoms with E-state index in [1.165, 1.54) is 6.08 Å². The summed E-state index contributed by atoms with van der Waals surface area (Å²) in [6, 6.07) is 0. The van der Waals surface area contributed by atoms with Crippen LogP contribution in [0.1, 0.15) is 17.7 Å². The summed E-state index contributed by atoms with van der Waals surface area (Å²) < 4.78 is 31.1. The number of morpholine rings is 1. The van der Waals surface area contributed by atoms with Crippen molar-refractivity contribution in [3.8, 4) is 0 Å². The maximum Gasteiger partial charge on any atom is 0.281 e. The Kier molecular flexibility index (Phi) is 4.63. The first-order valence-electron chi connectivity index (χ1n) is 6.28. The minimum Gasteiger partial charge on any atom is -0.385 e. The Morgan fingerprint density at radius 3 is 2.71 bits per heavy atom. The van der Waals surface area contributed by atoms with E-state index in [9.17, 15) is 8.78 Å². The van der Waals surface area contributed by atoms with E-state index >= 15 is 0 Å². The van der Waals surface area contributed by atoms with Gasteiger partial charge in [-0.1, -0.05) is 0 Å². The number of halogens is 2. The first kappa shape index (κ1) is 15.1. The molecule has 2 heterocycles. The Hall–Kier alpha value is -2.29. The van der Waals surface area contributed by atoms with Gasteiger partial charge in [0.25, 0.3) is 6.43 Å². The molecule has 0 spiro atoms. The molecule has 21 heavy (non-hydrogen) atoms. The summed E-state index contributed by atoms with van der Waals surface area (Å²) in [7, 11) is 0. The fraction of sp³-hybridized carbons (Fsp3) is 0.417. The Bertz CT molecular complexity index is 557. The third-order valence-corrected chi connectivity index (χ3v) is 3.00. The molecule has 0 bridgehead atoms. The third kappa shape index (κ3) is 3.63. The van der Waals surface area contributed by atoms with Crippen LogP contribution in [0.25, 0.3) is 0 Å². The molecule has 0 aliphatic carbocycles. The standard InChI is InChI=1S/C12H16F2N6O/c13-11(14)10-7(6-18-12(17)19-10)8(15)5-9(16)20-1-3-21-4-2-20/h5-6,11,15H,1-4,16H2,(H2,17,18,19)/b9-5+,15-8?. The van der Waals surface area contributed by atoms with Gasteiger partial charge in [-0.2, -0.15) is 0 Å². The predicted octanol–water partition coefficient (Wildman–Crippen LogP) is 0.497. The van der Waals surface area contributed by atoms with Crippen LogP contribution >= 0.6 is 0 Å². The number of allylic oxidation sites excluding steroid dienone is 1. The van der Waals surface area contributed by atoms with Gasteiger partial charge in [0.2, 0.25) is 5.95 Å². The molecule has 1 aromatic heterocycles. The number of nitrogens with two attached hydrogens (primary N) is 2. The number of aromatic nitrogens is 2. The van der Waals surface area contributed by atoms with Crippen molar-refractivity contribution in [3.05, 3.63) is 29.4 Å². The zero-order valence-electron chi connectivity index (χ0n) is 11.2. The fourth-order valence-electron chi connectivity index (χ4n) is 1.92. The molecule has 0 atom stereocenters. The van der Waals surface area contributed by atoms with E-state index in [0.29, 0.717) is 32.1 Å². The summed E-state index contributed by atoms with van der Waals surface area (Å²) >= 11 is 0. The minimum atomic E-state index is -2.84. The predicted molar refractivity (Wildman–Crippen MR) is 72.9 cm³/mol. The fourth-order valence-corrected chi connectivity index (χ4v) is 1.92. The van der Waals surface area contributed by atoms with Gasteiger partial charge in [0, 0.05) is 30.9 Å². The third-order valence-electron chi connectivity index (χ3n) is 3.00. The van der Waals surface area contributed by atoms with Crippen LogP contribution in [0.2, 0.25) is 0 Å². The van der Waals surface area contributed by atoms with Gasteiger partial charge in [0.05, 0.1) is 18.9 Å². The van der Waals surface area contributed by atoms with Crippen LogP contribution in [0.4, 0.5) is 14.7 Å². The molecule has 1 fully saturated rings. The number of nitrogens with zero attached hydrogens (tertiary/aromatic N) is 3. The molecule has 0 saturated carbocycles. The molecule has 0 amide bonds. The molecule has 1 aliphatic heterocycles. The van der Waals surface area contributed by atoms with E-state index in [1.807, 2.05) is 4.90 Å². The lowest BCUT2D eigenvalue weighted by Crippen LogP contribution is -2.38. The summed E-state index contributed by atoms with van der Waals surface area (Å²) in [5.41, 5.74) is 10.3. The summed E-state index contributed by atoms with van der Waals surface area (Å²) in [5.74, 6) is 0.0623. The van der Waals surface area contributed by atoms with Gasteiger partial charge < -0.3 is 26.5 Å². The van der Waals surface area contributed by atoms with Crippen LogP contribution in [-0.4, -0.2) is 46.9 Å². The van der Waals surface area contributed by atoms with Crippen LogP contribution < -0.4 is 11.5 Å². The lowest BCUT2D eigenvalue weighted by atomic mass is 10.1. The van der Waals surface area contributed by atoms with Crippen molar-refractivity contribution < 1.29 is 13.5 Å². The Labute approximate surface area is 120 Å². The maximum atomic E-state index is 12.9. The lowest BCUT2D eigenvalue weighted by molar-refractivity contribution is 0.0531. The molecule has 0 unspecified atom stereocenters. The smallest absolute Gasteiger partial charge is 0.281 e. The van der Waals surface area contributed by atoms with E-state index in [4.69, 9.17) is 21.6 Å². The van der Waals surface area contributed by atoms with E-state index < -0.39 is 12.1 Å². The monoisotopic (exact) mass is 298 g/mol. The summed E-state index contributed by atoms with van der Waals surface area (Å²) in [6.07, 6.45) is -0.426. The van der Waals surface area contributed by atoms with Crippen molar-refractivity contribution >= 4 is 11.7 Å². The van der Waals surface area contributed by atoms with Gasteiger partial charge in [0.15, 0.2) is 0 Å². The number of nitrogens with one attached hydrogen (secondary N) is 1. The second-order valence-corrected chi connectivity index (χ2v) is 4.41. The molecule has 5 N–H and O–H groups in total. The molecular weight excluding hydrogens is 282 g/mol. The molecule has 1 aromatic rings. The average molecular weight is 298 g/mol. The number of rotatable bonds is 4. The van der Waals surface area contributed by atoms with Crippen molar-refractivity contribution in [1.82, 2.24) is 14.9 Å². The van der Waals surface area contributed by atoms with Crippen molar-refractivity contribution in [2.24, 2.45) is 5.73 Å². The van der Waals surface area contributed by atoms with Crippen LogP contribution in [0.5, 0.6) is 0 Å². The highest BCUT2D eigenvalue weighted by Gasteiger charge is 2.19. The molecule has 1 saturated heterocycles. The first-order valence-corrected chi connectivity index (χ1v) is 6.28. The normalized spacial score (nSPS) is 16.3. The van der Waals surface area contributed by atoms with Crippen LogP contribution in [-0.2, 0) is 4.74 Å². The maximum absolute atomic E-state index is 12.9. The van der Waals surface area contributed by atoms with Crippen molar-refractivity contribution in [2.45, 2.75) is 6.43 Å². The van der Waals surface area contributed by atoms with Crippen molar-refractivity contribution in [1.29, 1.82) is 5.41 Å². The highest BCUT2D eigenvalue weighted by molar-refractivity contribution is 6.07. The van der Waals surface area contributed by atoms with Gasteiger partial charge >= 0.3 is 0 Å². The summed E-state index contributed by atoms with van der Waals surface area (Å²) in [4.78, 5) is 8.96. The summed E-state index contributed by atoms with van der Waals surface area (Å²) in [6.45, 7) is 2.26. The Balaban J connectivity index is 2.23. The Morgan fingerprint density at radius 1 is 1.43 bits per heavy atom. The minimum absolute atomic E-state index is 0.0876. The number of hydrogen-bond donors (Lipinski definition) is 3. The van der Waals surface area contributed by atoms with E-state index in [-0.39, 0.29) is 17.2 Å². The number of alkyl halides is 2. The van der Waals surface area contributed by atoms with Gasteiger partial charge in [0.1, 0.15) is 11.5 Å². The number of ether oxygens (including phenoxy) is 1. The lowest BCUT2D eigenvalue weighted by Gasteiger charge is -2.28. The molecule has 7 nitrogen and oxygen atoms in total. The molecule has 0 aromatic carbocycles. The van der Waals surface area contributed by atoms with E-state index in [1.54, 1.807) is 0 Å². The van der Waals surface area contributed by atoms with Gasteiger partial charge in [-0.3, -0.25) is 0 Å². The molecule has 2 rings (SSSR count). The topological polar surface area (TPSA) is 114 Å².